The van der Waals surface area contributed by atoms with Gasteiger partial charge in [-0.05, 0) is 38.5 Å². The lowest BCUT2D eigenvalue weighted by Crippen LogP contribution is -2.53. The summed E-state index contributed by atoms with van der Waals surface area (Å²) in [6.45, 7) is 4.43. The highest BCUT2D eigenvalue weighted by Crippen LogP contribution is 2.42. The Bertz CT molecular complexity index is 251. The molecular weight excluding hydrogens is 200 g/mol. The summed E-state index contributed by atoms with van der Waals surface area (Å²) in [7, 11) is 0. The molecule has 0 aromatic rings. The highest BCUT2D eigenvalue weighted by Gasteiger charge is 2.45. The highest BCUT2D eigenvalue weighted by molar-refractivity contribution is 5.84. The quantitative estimate of drug-likeness (QED) is 0.773. The number of rotatable bonds is 5. The van der Waals surface area contributed by atoms with Crippen LogP contribution in [0.4, 0.5) is 0 Å². The molecule has 3 nitrogen and oxygen atoms in total. The van der Waals surface area contributed by atoms with Crippen LogP contribution in [0.1, 0.15) is 45.4 Å². The molecule has 16 heavy (non-hydrogen) atoms. The molecular formula is C13H24N2O. The van der Waals surface area contributed by atoms with Gasteiger partial charge in [-0.2, -0.15) is 0 Å². The first-order chi connectivity index (χ1) is 7.72. The number of nitrogens with two attached hydrogens (primary N) is 1. The molecule has 0 bridgehead atoms. The van der Waals surface area contributed by atoms with Gasteiger partial charge in [0.25, 0.3) is 0 Å². The van der Waals surface area contributed by atoms with E-state index in [2.05, 4.69) is 11.8 Å². The third-order valence-corrected chi connectivity index (χ3v) is 4.53. The van der Waals surface area contributed by atoms with Gasteiger partial charge in [-0.3, -0.25) is 4.79 Å². The van der Waals surface area contributed by atoms with Crippen LogP contribution in [0.15, 0.2) is 0 Å². The molecule has 92 valence electrons. The number of hydrogen-bond acceptors (Lipinski definition) is 2. The summed E-state index contributed by atoms with van der Waals surface area (Å²) in [5.74, 6) is 1.09. The summed E-state index contributed by atoms with van der Waals surface area (Å²) in [6, 6.07) is 0. The maximum Gasteiger partial charge on any atom is 0.230 e. The molecule has 1 amide bonds. The Balaban J connectivity index is 1.93. The van der Waals surface area contributed by atoms with E-state index in [1.807, 2.05) is 0 Å². The summed E-state index contributed by atoms with van der Waals surface area (Å²) in [5.41, 5.74) is 5.61. The molecule has 0 spiro atoms. The zero-order chi connectivity index (χ0) is 11.6. The molecule has 2 aliphatic carbocycles. The van der Waals surface area contributed by atoms with Gasteiger partial charge in [-0.25, -0.2) is 0 Å². The van der Waals surface area contributed by atoms with Crippen molar-refractivity contribution in [3.8, 4) is 0 Å². The van der Waals surface area contributed by atoms with Crippen molar-refractivity contribution in [2.24, 2.45) is 17.1 Å². The summed E-state index contributed by atoms with van der Waals surface area (Å²) in [5, 5.41) is 0. The fourth-order valence-corrected chi connectivity index (χ4v) is 2.79. The van der Waals surface area contributed by atoms with Crippen LogP contribution in [0.25, 0.3) is 0 Å². The third-order valence-electron chi connectivity index (χ3n) is 4.53. The van der Waals surface area contributed by atoms with E-state index in [1.54, 1.807) is 0 Å². The van der Waals surface area contributed by atoms with Gasteiger partial charge in [0.1, 0.15) is 0 Å². The Morgan fingerprint density at radius 3 is 2.38 bits per heavy atom. The smallest absolute Gasteiger partial charge is 0.230 e. The van der Waals surface area contributed by atoms with Crippen LogP contribution in [0.5, 0.6) is 0 Å². The fourth-order valence-electron chi connectivity index (χ4n) is 2.79. The van der Waals surface area contributed by atoms with E-state index < -0.39 is 0 Å². The predicted octanol–water partition coefficient (Wildman–Crippen LogP) is 1.76. The van der Waals surface area contributed by atoms with Gasteiger partial charge < -0.3 is 10.6 Å². The monoisotopic (exact) mass is 224 g/mol. The normalized spacial score (nSPS) is 23.4. The molecule has 0 unspecified atom stereocenters. The van der Waals surface area contributed by atoms with Gasteiger partial charge in [0.2, 0.25) is 5.91 Å². The van der Waals surface area contributed by atoms with Crippen molar-refractivity contribution in [1.82, 2.24) is 4.90 Å². The van der Waals surface area contributed by atoms with Crippen LogP contribution < -0.4 is 5.73 Å². The molecule has 0 heterocycles. The molecule has 3 heteroatoms. The number of nitrogens with zero attached hydrogens (tertiary/aromatic N) is 1. The Morgan fingerprint density at radius 2 is 2.06 bits per heavy atom. The highest BCUT2D eigenvalue weighted by atomic mass is 16.2. The van der Waals surface area contributed by atoms with E-state index in [-0.39, 0.29) is 5.41 Å². The topological polar surface area (TPSA) is 46.3 Å². The van der Waals surface area contributed by atoms with Crippen LogP contribution in [0.3, 0.4) is 0 Å². The average Bonchev–Trinajstić information content (AvgIpc) is 2.15. The largest absolute Gasteiger partial charge is 0.342 e. The molecule has 0 aliphatic heterocycles. The SMILES string of the molecule is CCN(CC1CCC1)C(=O)C1(CN)CCC1. The second-order valence-corrected chi connectivity index (χ2v) is 5.48. The van der Waals surface area contributed by atoms with E-state index in [4.69, 9.17) is 5.73 Å². The summed E-state index contributed by atoms with van der Waals surface area (Å²) < 4.78 is 0. The van der Waals surface area contributed by atoms with Crippen LogP contribution in [0.2, 0.25) is 0 Å². The first-order valence-electron chi connectivity index (χ1n) is 6.71. The van der Waals surface area contributed by atoms with Crippen molar-refractivity contribution in [3.05, 3.63) is 0 Å². The zero-order valence-corrected chi connectivity index (χ0v) is 10.4. The van der Waals surface area contributed by atoms with E-state index in [0.29, 0.717) is 12.5 Å². The molecule has 2 fully saturated rings. The molecule has 2 saturated carbocycles. The average molecular weight is 224 g/mol. The molecule has 2 N–H and O–H groups in total. The number of amides is 1. The zero-order valence-electron chi connectivity index (χ0n) is 10.4. The lowest BCUT2D eigenvalue weighted by Gasteiger charge is -2.44. The Kier molecular flexibility index (Phi) is 3.53. The Morgan fingerprint density at radius 1 is 1.38 bits per heavy atom. The maximum atomic E-state index is 12.4. The second-order valence-electron chi connectivity index (χ2n) is 5.48. The molecule has 0 atom stereocenters. The molecule has 0 aromatic heterocycles. The standard InChI is InChI=1S/C13H24N2O/c1-2-15(9-11-5-3-6-11)12(16)13(10-14)7-4-8-13/h11H,2-10,14H2,1H3. The molecule has 0 radical (unpaired) electrons. The minimum atomic E-state index is -0.181. The van der Waals surface area contributed by atoms with E-state index in [0.717, 1.165) is 31.8 Å². The van der Waals surface area contributed by atoms with Crippen molar-refractivity contribution in [2.45, 2.75) is 45.4 Å². The van der Waals surface area contributed by atoms with Crippen molar-refractivity contribution < 1.29 is 4.79 Å². The number of carbonyl (C=O) groups excluding carboxylic acids is 1. The van der Waals surface area contributed by atoms with E-state index in [1.165, 1.54) is 25.7 Å². The molecule has 0 saturated heterocycles. The van der Waals surface area contributed by atoms with Crippen molar-refractivity contribution in [3.63, 3.8) is 0 Å². The van der Waals surface area contributed by atoms with Crippen molar-refractivity contribution in [1.29, 1.82) is 0 Å². The minimum Gasteiger partial charge on any atom is -0.342 e. The lowest BCUT2D eigenvalue weighted by molar-refractivity contribution is -0.147. The minimum absolute atomic E-state index is 0.181. The van der Waals surface area contributed by atoms with Gasteiger partial charge in [0, 0.05) is 19.6 Å². The maximum absolute atomic E-state index is 12.4. The number of carbonyl (C=O) groups is 1. The Labute approximate surface area is 98.4 Å². The lowest BCUT2D eigenvalue weighted by atomic mass is 9.67. The van der Waals surface area contributed by atoms with Crippen LogP contribution in [-0.4, -0.2) is 30.4 Å². The van der Waals surface area contributed by atoms with Crippen LogP contribution in [0, 0.1) is 11.3 Å². The second kappa shape index (κ2) is 4.74. The van der Waals surface area contributed by atoms with Crippen molar-refractivity contribution >= 4 is 5.91 Å². The fraction of sp³-hybridized carbons (Fsp3) is 0.923. The van der Waals surface area contributed by atoms with Crippen LogP contribution in [-0.2, 0) is 4.79 Å². The van der Waals surface area contributed by atoms with Gasteiger partial charge in [0.15, 0.2) is 0 Å². The summed E-state index contributed by atoms with van der Waals surface area (Å²) in [6.07, 6.45) is 7.13. The van der Waals surface area contributed by atoms with Gasteiger partial charge in [-0.1, -0.05) is 12.8 Å². The Hall–Kier alpha value is -0.570. The van der Waals surface area contributed by atoms with Gasteiger partial charge in [-0.15, -0.1) is 0 Å². The molecule has 2 rings (SSSR count). The summed E-state index contributed by atoms with van der Waals surface area (Å²) >= 11 is 0. The van der Waals surface area contributed by atoms with E-state index >= 15 is 0 Å². The van der Waals surface area contributed by atoms with Crippen molar-refractivity contribution in [2.75, 3.05) is 19.6 Å². The van der Waals surface area contributed by atoms with Gasteiger partial charge in [0.05, 0.1) is 5.41 Å². The molecule has 2 aliphatic rings. The number of hydrogen-bond donors (Lipinski definition) is 1. The first-order valence-corrected chi connectivity index (χ1v) is 6.71. The van der Waals surface area contributed by atoms with E-state index in [9.17, 15) is 4.79 Å². The molecule has 0 aromatic carbocycles. The summed E-state index contributed by atoms with van der Waals surface area (Å²) in [4.78, 5) is 14.5. The van der Waals surface area contributed by atoms with Crippen LogP contribution >= 0.6 is 0 Å². The van der Waals surface area contributed by atoms with Gasteiger partial charge >= 0.3 is 0 Å². The predicted molar refractivity (Wildman–Crippen MR) is 64.9 cm³/mol. The third kappa shape index (κ3) is 1.97. The first kappa shape index (κ1) is 11.9.